The van der Waals surface area contributed by atoms with Crippen LogP contribution in [-0.4, -0.2) is 5.78 Å². The van der Waals surface area contributed by atoms with Crippen LogP contribution >= 0.6 is 15.9 Å². The SMILES string of the molecule is Nc1ccccc1C(=O)Cc1cccc(F)c1Br. The predicted octanol–water partition coefficient (Wildman–Crippen LogP) is 3.60. The molecule has 0 fully saturated rings. The summed E-state index contributed by atoms with van der Waals surface area (Å²) in [6.07, 6.45) is 0.118. The van der Waals surface area contributed by atoms with Gasteiger partial charge in [0.1, 0.15) is 5.82 Å². The highest BCUT2D eigenvalue weighted by Gasteiger charge is 2.13. The van der Waals surface area contributed by atoms with Crippen LogP contribution in [0.3, 0.4) is 0 Å². The van der Waals surface area contributed by atoms with Gasteiger partial charge in [-0.05, 0) is 39.7 Å². The summed E-state index contributed by atoms with van der Waals surface area (Å²) in [5.41, 5.74) is 7.26. The van der Waals surface area contributed by atoms with E-state index in [0.29, 0.717) is 21.3 Å². The summed E-state index contributed by atoms with van der Waals surface area (Å²) in [7, 11) is 0. The number of halogens is 2. The molecule has 2 nitrogen and oxygen atoms in total. The fraction of sp³-hybridized carbons (Fsp3) is 0.0714. The molecule has 0 aliphatic carbocycles. The first-order valence-corrected chi connectivity index (χ1v) is 6.19. The highest BCUT2D eigenvalue weighted by atomic mass is 79.9. The van der Waals surface area contributed by atoms with Crippen molar-refractivity contribution in [1.82, 2.24) is 0 Å². The Morgan fingerprint density at radius 1 is 1.17 bits per heavy atom. The Hall–Kier alpha value is -1.68. The number of ketones is 1. The summed E-state index contributed by atoms with van der Waals surface area (Å²) in [4.78, 5) is 12.1. The van der Waals surface area contributed by atoms with E-state index >= 15 is 0 Å². The van der Waals surface area contributed by atoms with Crippen molar-refractivity contribution in [2.24, 2.45) is 0 Å². The molecule has 0 aliphatic heterocycles. The number of carbonyl (C=O) groups excluding carboxylic acids is 1. The number of anilines is 1. The molecule has 0 radical (unpaired) electrons. The Bertz CT molecular complexity index is 598. The van der Waals surface area contributed by atoms with Gasteiger partial charge in [-0.2, -0.15) is 0 Å². The van der Waals surface area contributed by atoms with Crippen molar-refractivity contribution in [2.45, 2.75) is 6.42 Å². The lowest BCUT2D eigenvalue weighted by Crippen LogP contribution is -2.07. The lowest BCUT2D eigenvalue weighted by Gasteiger charge is -2.06. The zero-order valence-electron chi connectivity index (χ0n) is 9.49. The molecule has 2 N–H and O–H groups in total. The maximum Gasteiger partial charge on any atom is 0.169 e. The molecule has 4 heteroatoms. The normalized spacial score (nSPS) is 10.3. The smallest absolute Gasteiger partial charge is 0.169 e. The Morgan fingerprint density at radius 3 is 2.61 bits per heavy atom. The number of nitrogens with two attached hydrogens (primary N) is 1. The topological polar surface area (TPSA) is 43.1 Å². The minimum atomic E-state index is -0.374. The van der Waals surface area contributed by atoms with E-state index in [1.54, 1.807) is 36.4 Å². The summed E-state index contributed by atoms with van der Waals surface area (Å²) in [5, 5.41) is 0. The maximum atomic E-state index is 13.3. The maximum absolute atomic E-state index is 13.3. The second kappa shape index (κ2) is 5.31. The van der Waals surface area contributed by atoms with Gasteiger partial charge in [0.15, 0.2) is 5.78 Å². The van der Waals surface area contributed by atoms with Gasteiger partial charge < -0.3 is 5.73 Å². The first-order chi connectivity index (χ1) is 8.59. The molecule has 0 bridgehead atoms. The summed E-state index contributed by atoms with van der Waals surface area (Å²) < 4.78 is 13.7. The van der Waals surface area contributed by atoms with E-state index < -0.39 is 0 Å². The van der Waals surface area contributed by atoms with Crippen molar-refractivity contribution in [3.8, 4) is 0 Å². The quantitative estimate of drug-likeness (QED) is 0.695. The molecular weight excluding hydrogens is 297 g/mol. The highest BCUT2D eigenvalue weighted by molar-refractivity contribution is 9.10. The van der Waals surface area contributed by atoms with Gasteiger partial charge in [-0.25, -0.2) is 4.39 Å². The number of rotatable bonds is 3. The van der Waals surface area contributed by atoms with E-state index in [1.165, 1.54) is 6.07 Å². The van der Waals surface area contributed by atoms with Crippen LogP contribution in [-0.2, 0) is 6.42 Å². The molecule has 2 rings (SSSR count). The average molecular weight is 308 g/mol. The highest BCUT2D eigenvalue weighted by Crippen LogP contribution is 2.23. The first-order valence-electron chi connectivity index (χ1n) is 5.40. The minimum Gasteiger partial charge on any atom is -0.398 e. The Labute approximate surface area is 113 Å². The number of nitrogen functional groups attached to an aromatic ring is 1. The molecule has 0 unspecified atom stereocenters. The molecule has 2 aromatic rings. The molecule has 92 valence electrons. The van der Waals surface area contributed by atoms with Gasteiger partial charge in [0.05, 0.1) is 4.47 Å². The minimum absolute atomic E-state index is 0.118. The second-order valence-corrected chi connectivity index (χ2v) is 4.69. The van der Waals surface area contributed by atoms with Crippen LogP contribution < -0.4 is 5.73 Å². The number of hydrogen-bond acceptors (Lipinski definition) is 2. The Balaban J connectivity index is 2.27. The molecule has 0 saturated heterocycles. The van der Waals surface area contributed by atoms with Crippen LogP contribution in [0.15, 0.2) is 46.9 Å². The zero-order chi connectivity index (χ0) is 13.1. The van der Waals surface area contributed by atoms with E-state index in [-0.39, 0.29) is 18.0 Å². The fourth-order valence-corrected chi connectivity index (χ4v) is 2.11. The summed E-state index contributed by atoms with van der Waals surface area (Å²) in [6.45, 7) is 0. The van der Waals surface area contributed by atoms with E-state index in [1.807, 2.05) is 0 Å². The fourth-order valence-electron chi connectivity index (χ4n) is 1.70. The molecule has 0 atom stereocenters. The number of Topliss-reactive ketones (excluding diaryl/α,β-unsaturated/α-hetero) is 1. The number of carbonyl (C=O) groups is 1. The van der Waals surface area contributed by atoms with Crippen molar-refractivity contribution < 1.29 is 9.18 Å². The van der Waals surface area contributed by atoms with Gasteiger partial charge in [0.2, 0.25) is 0 Å². The molecule has 0 saturated carbocycles. The lowest BCUT2D eigenvalue weighted by atomic mass is 10.0. The van der Waals surface area contributed by atoms with Crippen LogP contribution in [0.25, 0.3) is 0 Å². The van der Waals surface area contributed by atoms with Crippen molar-refractivity contribution in [1.29, 1.82) is 0 Å². The van der Waals surface area contributed by atoms with E-state index in [4.69, 9.17) is 5.73 Å². The lowest BCUT2D eigenvalue weighted by molar-refractivity contribution is 0.0993. The second-order valence-electron chi connectivity index (χ2n) is 3.90. The van der Waals surface area contributed by atoms with Gasteiger partial charge in [-0.3, -0.25) is 4.79 Å². The monoisotopic (exact) mass is 307 g/mol. The van der Waals surface area contributed by atoms with Crippen molar-refractivity contribution in [2.75, 3.05) is 5.73 Å². The van der Waals surface area contributed by atoms with Crippen LogP contribution in [0.4, 0.5) is 10.1 Å². The van der Waals surface area contributed by atoms with Gasteiger partial charge in [0, 0.05) is 17.7 Å². The average Bonchev–Trinajstić information content (AvgIpc) is 2.35. The van der Waals surface area contributed by atoms with Gasteiger partial charge >= 0.3 is 0 Å². The third kappa shape index (κ3) is 2.59. The largest absolute Gasteiger partial charge is 0.398 e. The molecule has 18 heavy (non-hydrogen) atoms. The number of hydrogen-bond donors (Lipinski definition) is 1. The number of para-hydroxylation sites is 1. The molecule has 2 aromatic carbocycles. The van der Waals surface area contributed by atoms with Gasteiger partial charge in [-0.1, -0.05) is 24.3 Å². The Kier molecular flexibility index (Phi) is 3.77. The van der Waals surface area contributed by atoms with Crippen LogP contribution in [0.2, 0.25) is 0 Å². The third-order valence-electron chi connectivity index (χ3n) is 2.64. The van der Waals surface area contributed by atoms with E-state index in [9.17, 15) is 9.18 Å². The van der Waals surface area contributed by atoms with Crippen molar-refractivity contribution in [3.05, 3.63) is 63.9 Å². The molecular formula is C14H11BrFNO. The molecule has 0 aliphatic rings. The third-order valence-corrected chi connectivity index (χ3v) is 3.53. The van der Waals surface area contributed by atoms with E-state index in [2.05, 4.69) is 15.9 Å². The predicted molar refractivity (Wildman–Crippen MR) is 73.0 cm³/mol. The molecule has 0 aromatic heterocycles. The van der Waals surface area contributed by atoms with Crippen molar-refractivity contribution in [3.63, 3.8) is 0 Å². The van der Waals surface area contributed by atoms with Gasteiger partial charge in [0.25, 0.3) is 0 Å². The summed E-state index contributed by atoms with van der Waals surface area (Å²) >= 11 is 3.14. The molecule has 0 heterocycles. The summed E-state index contributed by atoms with van der Waals surface area (Å²) in [6, 6.07) is 11.5. The van der Waals surface area contributed by atoms with E-state index in [0.717, 1.165) is 0 Å². The molecule has 0 spiro atoms. The standard InChI is InChI=1S/C14H11BrFNO/c15-14-9(4-3-6-11(14)16)8-13(18)10-5-1-2-7-12(10)17/h1-7H,8,17H2. The van der Waals surface area contributed by atoms with Gasteiger partial charge in [-0.15, -0.1) is 0 Å². The van der Waals surface area contributed by atoms with Crippen LogP contribution in [0.1, 0.15) is 15.9 Å². The summed E-state index contributed by atoms with van der Waals surface area (Å²) in [5.74, 6) is -0.499. The number of benzene rings is 2. The Morgan fingerprint density at radius 2 is 1.89 bits per heavy atom. The van der Waals surface area contributed by atoms with Crippen LogP contribution in [0.5, 0.6) is 0 Å². The van der Waals surface area contributed by atoms with Crippen LogP contribution in [0, 0.1) is 5.82 Å². The van der Waals surface area contributed by atoms with Crippen molar-refractivity contribution >= 4 is 27.4 Å². The first kappa shape index (κ1) is 12.8. The molecule has 0 amide bonds. The zero-order valence-corrected chi connectivity index (χ0v) is 11.1.